The van der Waals surface area contributed by atoms with Gasteiger partial charge in [-0.2, -0.15) is 0 Å². The monoisotopic (exact) mass is 575 g/mol. The number of nitrogens with zero attached hydrogens (tertiary/aromatic N) is 1. The van der Waals surface area contributed by atoms with E-state index in [1.54, 1.807) is 36.5 Å². The fourth-order valence-electron chi connectivity index (χ4n) is 4.20. The Hall–Kier alpha value is -4.41. The number of rotatable bonds is 8. The molecule has 0 bridgehead atoms. The predicted molar refractivity (Wildman–Crippen MR) is 145 cm³/mol. The molecule has 1 amide bonds. The van der Waals surface area contributed by atoms with Gasteiger partial charge in [0.15, 0.2) is 11.2 Å². The summed E-state index contributed by atoms with van der Waals surface area (Å²) in [6.07, 6.45) is 1.89. The highest BCUT2D eigenvalue weighted by atomic mass is 79.9. The van der Waals surface area contributed by atoms with Gasteiger partial charge in [0.2, 0.25) is 0 Å². The maximum atomic E-state index is 13.0. The Morgan fingerprint density at radius 1 is 1.11 bits per heavy atom. The summed E-state index contributed by atoms with van der Waals surface area (Å²) in [5, 5.41) is 12.1. The zero-order valence-corrected chi connectivity index (χ0v) is 21.7. The summed E-state index contributed by atoms with van der Waals surface area (Å²) in [7, 11) is 1.45. The van der Waals surface area contributed by atoms with Gasteiger partial charge in [-0.25, -0.2) is 5.01 Å². The van der Waals surface area contributed by atoms with Crippen LogP contribution in [0, 0.1) is 0 Å². The summed E-state index contributed by atoms with van der Waals surface area (Å²) < 4.78 is 12.5. The number of likely N-dealkylation sites (N-methyl/N-ethyl adjacent to an activating group) is 1. The van der Waals surface area contributed by atoms with Crippen LogP contribution < -0.4 is 15.6 Å². The van der Waals surface area contributed by atoms with Gasteiger partial charge in [0.25, 0.3) is 0 Å². The number of carbonyl (C=O) groups excluding carboxylic acids is 1. The number of halogens is 1. The molecule has 5 rings (SSSR count). The van der Waals surface area contributed by atoms with Crippen molar-refractivity contribution in [2.45, 2.75) is 12.5 Å². The molecule has 0 aliphatic heterocycles. The van der Waals surface area contributed by atoms with Crippen molar-refractivity contribution < 1.29 is 23.8 Å². The van der Waals surface area contributed by atoms with E-state index in [4.69, 9.17) is 9.15 Å². The minimum Gasteiger partial charge on any atom is -0.480 e. The number of nitrogens with one attached hydrogen (secondary N) is 2. The smallest absolute Gasteiger partial charge is 0.323 e. The number of fused-ring (bicyclic) bond motifs is 2. The van der Waals surface area contributed by atoms with Gasteiger partial charge in [0, 0.05) is 41.1 Å². The minimum atomic E-state index is -1.12. The molecule has 1 atom stereocenters. The zero-order chi connectivity index (χ0) is 26.8. The maximum Gasteiger partial charge on any atom is 0.323 e. The lowest BCUT2D eigenvalue weighted by atomic mass is 10.0. The number of aromatic amines is 1. The highest BCUT2D eigenvalue weighted by Crippen LogP contribution is 2.29. The molecule has 38 heavy (non-hydrogen) atoms. The Kier molecular flexibility index (Phi) is 6.99. The molecule has 0 saturated heterocycles. The maximum absolute atomic E-state index is 13.0. The first-order valence-corrected chi connectivity index (χ1v) is 12.4. The Morgan fingerprint density at radius 3 is 2.63 bits per heavy atom. The summed E-state index contributed by atoms with van der Waals surface area (Å²) in [6.45, 7) is 0. The molecule has 0 unspecified atom stereocenters. The Balaban J connectivity index is 1.37. The number of benzene rings is 3. The van der Waals surface area contributed by atoms with Gasteiger partial charge in [-0.15, -0.1) is 0 Å². The molecule has 0 aliphatic rings. The third-order valence-electron chi connectivity index (χ3n) is 6.10. The fourth-order valence-corrected chi connectivity index (χ4v) is 4.46. The van der Waals surface area contributed by atoms with E-state index in [-0.39, 0.29) is 28.9 Å². The van der Waals surface area contributed by atoms with Crippen LogP contribution in [0.1, 0.15) is 16.1 Å². The van der Waals surface area contributed by atoms with Crippen molar-refractivity contribution in [2.24, 2.45) is 0 Å². The van der Waals surface area contributed by atoms with Gasteiger partial charge < -0.3 is 19.2 Å². The number of hydrogen-bond donors (Lipinski definition) is 3. The van der Waals surface area contributed by atoms with Gasteiger partial charge >= 0.3 is 11.9 Å². The highest BCUT2D eigenvalue weighted by Gasteiger charge is 2.27. The van der Waals surface area contributed by atoms with Gasteiger partial charge in [0.05, 0.1) is 0 Å². The molecule has 0 radical (unpaired) electrons. The normalized spacial score (nSPS) is 12.1. The average molecular weight is 576 g/mol. The Bertz CT molecular complexity index is 1710. The van der Waals surface area contributed by atoms with Crippen LogP contribution in [-0.2, 0) is 11.2 Å². The van der Waals surface area contributed by atoms with Crippen molar-refractivity contribution in [1.82, 2.24) is 15.4 Å². The standard InChI is InChI=1S/C28H22BrN3O6/c1-32(21(28(35)36)13-16-15-30-20-6-3-2-5-19(16)20)31-27(34)25-14-22(33)26-23(7-4-8-24(26)38-25)37-18-11-9-17(29)10-12-18/h2-12,14-15,21,30H,13H2,1H3,(H,31,34)(H,35,36)/t21-/m1/s1. The molecule has 2 heterocycles. The van der Waals surface area contributed by atoms with Crippen LogP contribution in [0.2, 0.25) is 0 Å². The van der Waals surface area contributed by atoms with E-state index in [1.807, 2.05) is 36.4 Å². The molecule has 0 aliphatic carbocycles. The van der Waals surface area contributed by atoms with E-state index < -0.39 is 23.3 Å². The minimum absolute atomic E-state index is 0.133. The predicted octanol–water partition coefficient (Wildman–Crippen LogP) is 5.10. The lowest BCUT2D eigenvalue weighted by Crippen LogP contribution is -2.50. The summed E-state index contributed by atoms with van der Waals surface area (Å²) in [5.41, 5.74) is 3.90. The number of amides is 1. The molecule has 0 saturated carbocycles. The van der Waals surface area contributed by atoms with Gasteiger partial charge in [-0.3, -0.25) is 19.8 Å². The van der Waals surface area contributed by atoms with Gasteiger partial charge in [-0.05, 0) is 48.0 Å². The summed E-state index contributed by atoms with van der Waals surface area (Å²) in [6, 6.07) is 19.5. The zero-order valence-electron chi connectivity index (χ0n) is 20.1. The van der Waals surface area contributed by atoms with E-state index in [1.165, 1.54) is 12.1 Å². The van der Waals surface area contributed by atoms with Gasteiger partial charge in [-0.1, -0.05) is 40.2 Å². The topological polar surface area (TPSA) is 125 Å². The molecular formula is C28H22BrN3O6. The molecule has 2 aromatic heterocycles. The third-order valence-corrected chi connectivity index (χ3v) is 6.63. The first kappa shape index (κ1) is 25.2. The summed E-state index contributed by atoms with van der Waals surface area (Å²) in [4.78, 5) is 41.2. The van der Waals surface area contributed by atoms with E-state index >= 15 is 0 Å². The van der Waals surface area contributed by atoms with Crippen LogP contribution in [0.15, 0.2) is 92.7 Å². The molecule has 3 N–H and O–H groups in total. The molecule has 9 nitrogen and oxygen atoms in total. The lowest BCUT2D eigenvalue weighted by Gasteiger charge is -2.24. The third kappa shape index (κ3) is 5.17. The summed E-state index contributed by atoms with van der Waals surface area (Å²) in [5.74, 6) is -1.32. The molecule has 10 heteroatoms. The number of hydrazine groups is 1. The van der Waals surface area contributed by atoms with Crippen molar-refractivity contribution in [2.75, 3.05) is 7.05 Å². The number of carbonyl (C=O) groups is 2. The lowest BCUT2D eigenvalue weighted by molar-refractivity contribution is -0.143. The van der Waals surface area contributed by atoms with Crippen molar-refractivity contribution in [1.29, 1.82) is 0 Å². The van der Waals surface area contributed by atoms with Crippen molar-refractivity contribution in [3.8, 4) is 11.5 Å². The SMILES string of the molecule is CN(NC(=O)c1cc(=O)c2c(Oc3ccc(Br)cc3)cccc2o1)[C@H](Cc1c[nH]c2ccccc12)C(=O)O. The fraction of sp³-hybridized carbons (Fsp3) is 0.107. The van der Waals surface area contributed by atoms with Crippen molar-refractivity contribution in [3.05, 3.63) is 105 Å². The quantitative estimate of drug-likeness (QED) is 0.220. The molecule has 0 fully saturated rings. The number of carboxylic acids is 1. The first-order valence-electron chi connectivity index (χ1n) is 11.6. The van der Waals surface area contributed by atoms with Crippen LogP contribution in [0.5, 0.6) is 11.5 Å². The van der Waals surface area contributed by atoms with E-state index in [2.05, 4.69) is 26.3 Å². The average Bonchev–Trinajstić information content (AvgIpc) is 3.31. The number of aromatic nitrogens is 1. The highest BCUT2D eigenvalue weighted by molar-refractivity contribution is 9.10. The van der Waals surface area contributed by atoms with E-state index in [0.29, 0.717) is 5.75 Å². The number of ether oxygens (including phenoxy) is 1. The molecule has 3 aromatic carbocycles. The van der Waals surface area contributed by atoms with Crippen LogP contribution >= 0.6 is 15.9 Å². The largest absolute Gasteiger partial charge is 0.480 e. The Labute approximate surface area is 224 Å². The van der Waals surface area contributed by atoms with Gasteiger partial charge in [0.1, 0.15) is 28.5 Å². The number of carboxylic acid groups (broad SMARTS) is 1. The van der Waals surface area contributed by atoms with Crippen molar-refractivity contribution >= 4 is 49.7 Å². The number of hydrogen-bond acceptors (Lipinski definition) is 6. The first-order chi connectivity index (χ1) is 18.3. The number of H-pyrrole nitrogens is 1. The van der Waals surface area contributed by atoms with E-state index in [9.17, 15) is 19.5 Å². The molecular weight excluding hydrogens is 554 g/mol. The van der Waals surface area contributed by atoms with Crippen LogP contribution in [-0.4, -0.2) is 40.1 Å². The molecule has 192 valence electrons. The van der Waals surface area contributed by atoms with Crippen molar-refractivity contribution in [3.63, 3.8) is 0 Å². The molecule has 5 aromatic rings. The molecule has 0 spiro atoms. The second-order valence-corrected chi connectivity index (χ2v) is 9.55. The summed E-state index contributed by atoms with van der Waals surface area (Å²) >= 11 is 3.37. The number of para-hydroxylation sites is 1. The van der Waals surface area contributed by atoms with Crippen LogP contribution in [0.4, 0.5) is 0 Å². The second kappa shape index (κ2) is 10.5. The van der Waals surface area contributed by atoms with E-state index in [0.717, 1.165) is 27.0 Å². The van der Waals surface area contributed by atoms with Crippen LogP contribution in [0.3, 0.4) is 0 Å². The Morgan fingerprint density at radius 2 is 1.87 bits per heavy atom. The second-order valence-electron chi connectivity index (χ2n) is 8.63. The number of aliphatic carboxylic acids is 1. The van der Waals surface area contributed by atoms with Crippen LogP contribution in [0.25, 0.3) is 21.9 Å².